The van der Waals surface area contributed by atoms with Crippen molar-refractivity contribution < 1.29 is 9.90 Å². The van der Waals surface area contributed by atoms with Crippen molar-refractivity contribution in [2.75, 3.05) is 0 Å². The molecule has 0 unspecified atom stereocenters. The first-order chi connectivity index (χ1) is 10.6. The Morgan fingerprint density at radius 3 is 3.09 bits per heavy atom. The SMILES string of the molecule is O=C(N/N=C\c1c(Cl)nc2sccn12)c1cc(Cl)ccc1O. The second-order valence-electron chi connectivity index (χ2n) is 4.20. The monoisotopic (exact) mass is 354 g/mol. The fourth-order valence-corrected chi connectivity index (χ4v) is 2.96. The first-order valence-corrected chi connectivity index (χ1v) is 7.63. The lowest BCUT2D eigenvalue weighted by Gasteiger charge is -2.03. The highest BCUT2D eigenvalue weighted by molar-refractivity contribution is 7.15. The number of amides is 1. The molecule has 2 heterocycles. The number of hydrogen-bond donors (Lipinski definition) is 2. The molecule has 0 saturated heterocycles. The van der Waals surface area contributed by atoms with Gasteiger partial charge in [-0.05, 0) is 18.2 Å². The zero-order chi connectivity index (χ0) is 15.7. The Balaban J connectivity index is 1.79. The fraction of sp³-hybridized carbons (Fsp3) is 0. The number of nitrogens with one attached hydrogen (secondary N) is 1. The average molecular weight is 355 g/mol. The first kappa shape index (κ1) is 14.8. The van der Waals surface area contributed by atoms with E-state index < -0.39 is 5.91 Å². The van der Waals surface area contributed by atoms with Gasteiger partial charge in [0.15, 0.2) is 10.1 Å². The van der Waals surface area contributed by atoms with Gasteiger partial charge in [-0.25, -0.2) is 10.4 Å². The molecule has 0 aliphatic carbocycles. The summed E-state index contributed by atoms with van der Waals surface area (Å²) in [4.78, 5) is 16.8. The second-order valence-corrected chi connectivity index (χ2v) is 5.87. The Kier molecular flexibility index (Phi) is 4.02. The van der Waals surface area contributed by atoms with Crippen molar-refractivity contribution in [1.29, 1.82) is 0 Å². The fourth-order valence-electron chi connectivity index (χ4n) is 1.79. The minimum absolute atomic E-state index is 0.0321. The van der Waals surface area contributed by atoms with E-state index in [1.807, 2.05) is 5.38 Å². The van der Waals surface area contributed by atoms with Gasteiger partial charge in [0.05, 0.1) is 11.8 Å². The number of phenolic OH excluding ortho intramolecular Hbond substituents is 1. The van der Waals surface area contributed by atoms with E-state index in [9.17, 15) is 9.90 Å². The summed E-state index contributed by atoms with van der Waals surface area (Å²) in [7, 11) is 0. The van der Waals surface area contributed by atoms with Crippen molar-refractivity contribution in [3.63, 3.8) is 0 Å². The van der Waals surface area contributed by atoms with Gasteiger partial charge in [-0.15, -0.1) is 11.3 Å². The van der Waals surface area contributed by atoms with Gasteiger partial charge in [-0.2, -0.15) is 5.10 Å². The molecule has 0 aliphatic rings. The number of hydrazone groups is 1. The summed E-state index contributed by atoms with van der Waals surface area (Å²) < 4.78 is 1.75. The van der Waals surface area contributed by atoms with E-state index >= 15 is 0 Å². The van der Waals surface area contributed by atoms with E-state index in [0.29, 0.717) is 10.7 Å². The molecule has 0 bridgehead atoms. The van der Waals surface area contributed by atoms with Gasteiger partial charge in [-0.1, -0.05) is 23.2 Å². The maximum Gasteiger partial charge on any atom is 0.275 e. The van der Waals surface area contributed by atoms with Crippen molar-refractivity contribution in [3.8, 4) is 5.75 Å². The third kappa shape index (κ3) is 2.78. The number of carbonyl (C=O) groups excluding carboxylic acids is 1. The molecule has 0 atom stereocenters. The molecule has 1 amide bonds. The number of thiazole rings is 1. The van der Waals surface area contributed by atoms with Gasteiger partial charge in [0, 0.05) is 16.6 Å². The van der Waals surface area contributed by atoms with Crippen LogP contribution in [0, 0.1) is 0 Å². The van der Waals surface area contributed by atoms with Crippen LogP contribution in [0.5, 0.6) is 5.75 Å². The van der Waals surface area contributed by atoms with Crippen LogP contribution in [0.1, 0.15) is 16.1 Å². The molecule has 3 aromatic rings. The van der Waals surface area contributed by atoms with E-state index in [0.717, 1.165) is 4.96 Å². The lowest BCUT2D eigenvalue weighted by atomic mass is 10.2. The van der Waals surface area contributed by atoms with Crippen LogP contribution in [0.4, 0.5) is 0 Å². The number of imidazole rings is 1. The van der Waals surface area contributed by atoms with Crippen molar-refractivity contribution in [3.05, 3.63) is 51.2 Å². The van der Waals surface area contributed by atoms with Crippen molar-refractivity contribution >= 4 is 51.6 Å². The molecular weight excluding hydrogens is 347 g/mol. The highest BCUT2D eigenvalue weighted by Crippen LogP contribution is 2.21. The molecule has 112 valence electrons. The van der Waals surface area contributed by atoms with Crippen molar-refractivity contribution in [2.24, 2.45) is 5.10 Å². The summed E-state index contributed by atoms with van der Waals surface area (Å²) in [6.45, 7) is 0. The quantitative estimate of drug-likeness (QED) is 0.560. The second kappa shape index (κ2) is 5.96. The summed E-state index contributed by atoms with van der Waals surface area (Å²) >= 11 is 13.2. The Hall–Kier alpha value is -2.09. The van der Waals surface area contributed by atoms with Crippen LogP contribution >= 0.6 is 34.5 Å². The first-order valence-electron chi connectivity index (χ1n) is 5.99. The minimum atomic E-state index is -0.585. The van der Waals surface area contributed by atoms with Gasteiger partial charge in [0.1, 0.15) is 11.4 Å². The molecule has 9 heteroatoms. The number of phenols is 1. The number of benzene rings is 1. The molecule has 0 radical (unpaired) electrons. The van der Waals surface area contributed by atoms with Crippen LogP contribution in [0.15, 0.2) is 34.9 Å². The maximum atomic E-state index is 11.9. The number of nitrogens with zero attached hydrogens (tertiary/aromatic N) is 3. The van der Waals surface area contributed by atoms with E-state index in [1.165, 1.54) is 35.8 Å². The van der Waals surface area contributed by atoms with Crippen LogP contribution in [0.25, 0.3) is 4.96 Å². The van der Waals surface area contributed by atoms with Crippen LogP contribution in [-0.4, -0.2) is 26.6 Å². The van der Waals surface area contributed by atoms with E-state index in [2.05, 4.69) is 15.5 Å². The summed E-state index contributed by atoms with van der Waals surface area (Å²) in [5.74, 6) is -0.766. The molecule has 1 aromatic carbocycles. The summed E-state index contributed by atoms with van der Waals surface area (Å²) in [5.41, 5.74) is 2.89. The molecule has 0 fully saturated rings. The molecule has 6 nitrogen and oxygen atoms in total. The smallest absolute Gasteiger partial charge is 0.275 e. The number of hydrogen-bond acceptors (Lipinski definition) is 5. The number of aromatic nitrogens is 2. The zero-order valence-electron chi connectivity index (χ0n) is 10.8. The molecule has 0 saturated carbocycles. The van der Waals surface area contributed by atoms with Gasteiger partial charge >= 0.3 is 0 Å². The largest absolute Gasteiger partial charge is 0.507 e. The van der Waals surface area contributed by atoms with Crippen LogP contribution in [0.3, 0.4) is 0 Å². The third-order valence-corrected chi connectivity index (χ3v) is 4.08. The maximum absolute atomic E-state index is 11.9. The van der Waals surface area contributed by atoms with Gasteiger partial charge in [0.25, 0.3) is 5.91 Å². The molecule has 3 rings (SSSR count). The zero-order valence-corrected chi connectivity index (χ0v) is 13.2. The Morgan fingerprint density at radius 2 is 2.27 bits per heavy atom. The van der Waals surface area contributed by atoms with Crippen LogP contribution in [-0.2, 0) is 0 Å². The average Bonchev–Trinajstić information content (AvgIpc) is 3.03. The lowest BCUT2D eigenvalue weighted by Crippen LogP contribution is -2.17. The molecule has 0 spiro atoms. The van der Waals surface area contributed by atoms with Crippen LogP contribution in [0.2, 0.25) is 10.2 Å². The number of aromatic hydroxyl groups is 1. The number of fused-ring (bicyclic) bond motifs is 1. The molecule has 2 aromatic heterocycles. The predicted octanol–water partition coefficient (Wildman–Crippen LogP) is 3.17. The highest BCUT2D eigenvalue weighted by atomic mass is 35.5. The van der Waals surface area contributed by atoms with Crippen LogP contribution < -0.4 is 5.43 Å². The standard InChI is InChI=1S/C13H8Cl2N4O2S/c14-7-1-2-10(20)8(5-7)12(21)18-16-6-9-11(15)17-13-19(9)3-4-22-13/h1-6,20H,(H,18,21)/b16-6-. The summed E-state index contributed by atoms with van der Waals surface area (Å²) in [5, 5.41) is 16.0. The van der Waals surface area contributed by atoms with Crippen molar-refractivity contribution in [2.45, 2.75) is 0 Å². The summed E-state index contributed by atoms with van der Waals surface area (Å²) in [6, 6.07) is 4.17. The minimum Gasteiger partial charge on any atom is -0.507 e. The lowest BCUT2D eigenvalue weighted by molar-refractivity contribution is 0.0952. The number of rotatable bonds is 3. The Labute approximate surface area is 138 Å². The molecule has 22 heavy (non-hydrogen) atoms. The van der Waals surface area contributed by atoms with Gasteiger partial charge in [0.2, 0.25) is 0 Å². The number of carbonyl (C=O) groups is 1. The topological polar surface area (TPSA) is 79.0 Å². The summed E-state index contributed by atoms with van der Waals surface area (Å²) in [6.07, 6.45) is 3.18. The number of halogens is 2. The van der Waals surface area contributed by atoms with E-state index in [4.69, 9.17) is 23.2 Å². The highest BCUT2D eigenvalue weighted by Gasteiger charge is 2.12. The van der Waals surface area contributed by atoms with E-state index in [1.54, 1.807) is 10.6 Å². The predicted molar refractivity (Wildman–Crippen MR) is 86.3 cm³/mol. The molecule has 2 N–H and O–H groups in total. The third-order valence-electron chi connectivity index (χ3n) is 2.81. The van der Waals surface area contributed by atoms with Crippen molar-refractivity contribution in [1.82, 2.24) is 14.8 Å². The van der Waals surface area contributed by atoms with Gasteiger partial charge in [-0.3, -0.25) is 9.20 Å². The molecular formula is C13H8Cl2N4O2S. The van der Waals surface area contributed by atoms with E-state index in [-0.39, 0.29) is 16.5 Å². The molecule has 0 aliphatic heterocycles. The Morgan fingerprint density at radius 1 is 1.45 bits per heavy atom. The Bertz CT molecular complexity index is 887. The van der Waals surface area contributed by atoms with Gasteiger partial charge < -0.3 is 5.11 Å². The normalized spacial score (nSPS) is 11.4.